The molecule has 0 aromatic rings. The third kappa shape index (κ3) is 5.91. The van der Waals surface area contributed by atoms with Crippen molar-refractivity contribution in [1.29, 1.82) is 0 Å². The fraction of sp³-hybridized carbons (Fsp3) is 0.950. The molecule has 0 radical (unpaired) electrons. The highest BCUT2D eigenvalue weighted by Gasteiger charge is 2.39. The Morgan fingerprint density at radius 1 is 1.04 bits per heavy atom. The first-order valence-electron chi connectivity index (χ1n) is 10.9. The van der Waals surface area contributed by atoms with Crippen LogP contribution in [0.5, 0.6) is 0 Å². The van der Waals surface area contributed by atoms with Crippen LogP contribution >= 0.6 is 0 Å². The number of sulfone groups is 1. The number of amides is 1. The Labute approximate surface area is 165 Å². The number of likely N-dealkylation sites (tertiary alicyclic amines) is 1. The van der Waals surface area contributed by atoms with E-state index in [9.17, 15) is 13.2 Å². The van der Waals surface area contributed by atoms with E-state index in [1.165, 1.54) is 12.8 Å². The van der Waals surface area contributed by atoms with Gasteiger partial charge in [0.05, 0.1) is 18.1 Å². The summed E-state index contributed by atoms with van der Waals surface area (Å²) in [4.78, 5) is 17.5. The minimum atomic E-state index is -2.98. The lowest BCUT2D eigenvalue weighted by molar-refractivity contribution is -0.138. The van der Waals surface area contributed by atoms with E-state index in [0.29, 0.717) is 13.0 Å². The molecule has 6 nitrogen and oxygen atoms in total. The molecule has 7 heteroatoms. The Morgan fingerprint density at radius 2 is 1.74 bits per heavy atom. The first-order valence-corrected chi connectivity index (χ1v) is 12.7. The Bertz CT molecular complexity index is 581. The summed E-state index contributed by atoms with van der Waals surface area (Å²) in [6.45, 7) is 3.50. The van der Waals surface area contributed by atoms with Crippen molar-refractivity contribution < 1.29 is 13.2 Å². The monoisotopic (exact) mass is 399 g/mol. The average Bonchev–Trinajstić information content (AvgIpc) is 3.01. The lowest BCUT2D eigenvalue weighted by Gasteiger charge is -2.40. The van der Waals surface area contributed by atoms with Crippen molar-refractivity contribution in [2.75, 3.05) is 44.7 Å². The Balaban J connectivity index is 1.58. The van der Waals surface area contributed by atoms with Gasteiger partial charge in [-0.2, -0.15) is 0 Å². The predicted octanol–water partition coefficient (Wildman–Crippen LogP) is 1.66. The fourth-order valence-corrected chi connectivity index (χ4v) is 6.83. The maximum atomic E-state index is 13.2. The first kappa shape index (κ1) is 21.1. The summed E-state index contributed by atoms with van der Waals surface area (Å²) in [6, 6.07) is 0.150. The molecule has 0 spiro atoms. The van der Waals surface area contributed by atoms with Crippen LogP contribution in [0.15, 0.2) is 0 Å². The summed E-state index contributed by atoms with van der Waals surface area (Å²) in [5.74, 6) is 1.34. The highest BCUT2D eigenvalue weighted by molar-refractivity contribution is 7.91. The normalized spacial score (nSPS) is 27.7. The third-order valence-corrected chi connectivity index (χ3v) is 8.48. The van der Waals surface area contributed by atoms with Gasteiger partial charge in [0.15, 0.2) is 9.84 Å². The van der Waals surface area contributed by atoms with Crippen molar-refractivity contribution in [3.05, 3.63) is 0 Å². The zero-order valence-corrected chi connectivity index (χ0v) is 17.7. The molecule has 1 saturated carbocycles. The van der Waals surface area contributed by atoms with Gasteiger partial charge in [-0.05, 0) is 71.1 Å². The molecule has 2 aliphatic heterocycles. The van der Waals surface area contributed by atoms with Crippen LogP contribution in [0.2, 0.25) is 0 Å². The van der Waals surface area contributed by atoms with Gasteiger partial charge in [0.2, 0.25) is 5.91 Å². The van der Waals surface area contributed by atoms with E-state index in [1.807, 2.05) is 11.9 Å². The average molecular weight is 400 g/mol. The molecule has 1 unspecified atom stereocenters. The van der Waals surface area contributed by atoms with Crippen LogP contribution in [-0.2, 0) is 14.6 Å². The number of nitrogens with zero attached hydrogens (tertiary/aromatic N) is 2. The first-order chi connectivity index (χ1) is 13.0. The minimum Gasteiger partial charge on any atom is -0.335 e. The lowest BCUT2D eigenvalue weighted by atomic mass is 9.92. The number of nitrogens with one attached hydrogen (secondary N) is 1. The molecule has 27 heavy (non-hydrogen) atoms. The fourth-order valence-electron chi connectivity index (χ4n) is 5.11. The molecule has 3 aliphatic rings. The van der Waals surface area contributed by atoms with Crippen LogP contribution < -0.4 is 5.32 Å². The number of hydrogen-bond donors (Lipinski definition) is 1. The number of rotatable bonds is 7. The van der Waals surface area contributed by atoms with Crippen molar-refractivity contribution in [2.45, 2.75) is 69.9 Å². The van der Waals surface area contributed by atoms with Gasteiger partial charge in [0.1, 0.15) is 0 Å². The highest BCUT2D eigenvalue weighted by Crippen LogP contribution is 2.29. The molecule has 3 fully saturated rings. The maximum Gasteiger partial charge on any atom is 0.237 e. The molecule has 0 aromatic heterocycles. The van der Waals surface area contributed by atoms with E-state index in [2.05, 4.69) is 10.2 Å². The second-order valence-corrected chi connectivity index (χ2v) is 11.0. The van der Waals surface area contributed by atoms with Crippen molar-refractivity contribution in [2.24, 2.45) is 5.92 Å². The van der Waals surface area contributed by atoms with Gasteiger partial charge < -0.3 is 10.2 Å². The molecular formula is C20H37N3O3S. The minimum absolute atomic E-state index is 0.0984. The van der Waals surface area contributed by atoms with Gasteiger partial charge in [-0.1, -0.05) is 19.3 Å². The summed E-state index contributed by atoms with van der Waals surface area (Å²) >= 11 is 0. The lowest BCUT2D eigenvalue weighted by Crippen LogP contribution is -2.52. The quantitative estimate of drug-likeness (QED) is 0.705. The summed E-state index contributed by atoms with van der Waals surface area (Å²) in [5.41, 5.74) is 0. The Morgan fingerprint density at radius 3 is 2.33 bits per heavy atom. The van der Waals surface area contributed by atoms with Crippen molar-refractivity contribution >= 4 is 15.7 Å². The van der Waals surface area contributed by atoms with E-state index < -0.39 is 9.84 Å². The van der Waals surface area contributed by atoms with Crippen LogP contribution in [0.25, 0.3) is 0 Å². The van der Waals surface area contributed by atoms with Gasteiger partial charge in [-0.25, -0.2) is 8.42 Å². The van der Waals surface area contributed by atoms with Crippen LogP contribution in [0.3, 0.4) is 0 Å². The van der Waals surface area contributed by atoms with Crippen LogP contribution in [0.1, 0.15) is 57.8 Å². The molecule has 156 valence electrons. The standard InChI is InChI=1S/C20H37N3O3S/c1-21-11-7-17-8-12-22(13-9-17)15-20(24)23(18-5-3-2-4-6-18)19-10-14-27(25,26)16-19/h17-19,21H,2-16H2,1H3. The molecule has 1 atom stereocenters. The molecule has 0 bridgehead atoms. The molecule has 1 N–H and O–H groups in total. The molecule has 0 aromatic carbocycles. The van der Waals surface area contributed by atoms with E-state index in [4.69, 9.17) is 0 Å². The van der Waals surface area contributed by atoms with Crippen LogP contribution in [-0.4, -0.2) is 80.9 Å². The molecular weight excluding hydrogens is 362 g/mol. The van der Waals surface area contributed by atoms with E-state index in [-0.39, 0.29) is 29.5 Å². The summed E-state index contributed by atoms with van der Waals surface area (Å²) in [5, 5.41) is 3.22. The molecule has 1 aliphatic carbocycles. The number of carbonyl (C=O) groups is 1. The van der Waals surface area contributed by atoms with Crippen molar-refractivity contribution in [3.63, 3.8) is 0 Å². The topological polar surface area (TPSA) is 69.7 Å². The van der Waals surface area contributed by atoms with Gasteiger partial charge >= 0.3 is 0 Å². The van der Waals surface area contributed by atoms with Crippen LogP contribution in [0.4, 0.5) is 0 Å². The summed E-state index contributed by atoms with van der Waals surface area (Å²) in [6.07, 6.45) is 9.79. The van der Waals surface area contributed by atoms with Crippen molar-refractivity contribution in [1.82, 2.24) is 15.1 Å². The number of piperidine rings is 1. The van der Waals surface area contributed by atoms with E-state index in [1.54, 1.807) is 0 Å². The molecule has 2 heterocycles. The SMILES string of the molecule is CNCCC1CCN(CC(=O)N(C2CCCCC2)C2CCS(=O)(=O)C2)CC1. The summed E-state index contributed by atoms with van der Waals surface area (Å²) in [7, 11) is -0.978. The largest absolute Gasteiger partial charge is 0.335 e. The summed E-state index contributed by atoms with van der Waals surface area (Å²) < 4.78 is 24.0. The van der Waals surface area contributed by atoms with Crippen molar-refractivity contribution in [3.8, 4) is 0 Å². The Kier molecular flexibility index (Phi) is 7.57. The molecule has 1 amide bonds. The zero-order chi connectivity index (χ0) is 19.3. The number of carbonyl (C=O) groups excluding carboxylic acids is 1. The second kappa shape index (κ2) is 9.70. The smallest absolute Gasteiger partial charge is 0.237 e. The van der Waals surface area contributed by atoms with E-state index in [0.717, 1.165) is 64.1 Å². The van der Waals surface area contributed by atoms with E-state index >= 15 is 0 Å². The number of hydrogen-bond acceptors (Lipinski definition) is 5. The molecule has 2 saturated heterocycles. The van der Waals surface area contributed by atoms with Gasteiger partial charge in [0.25, 0.3) is 0 Å². The highest BCUT2D eigenvalue weighted by atomic mass is 32.2. The van der Waals surface area contributed by atoms with Crippen LogP contribution in [0, 0.1) is 5.92 Å². The van der Waals surface area contributed by atoms with Gasteiger partial charge in [0, 0.05) is 12.1 Å². The third-order valence-electron chi connectivity index (χ3n) is 6.73. The zero-order valence-electron chi connectivity index (χ0n) is 16.9. The van der Waals surface area contributed by atoms with Gasteiger partial charge in [-0.3, -0.25) is 9.69 Å². The predicted molar refractivity (Wildman–Crippen MR) is 108 cm³/mol. The Hall–Kier alpha value is -0.660. The maximum absolute atomic E-state index is 13.2. The second-order valence-electron chi connectivity index (χ2n) is 8.76. The molecule has 3 rings (SSSR count). The van der Waals surface area contributed by atoms with Gasteiger partial charge in [-0.15, -0.1) is 0 Å².